The van der Waals surface area contributed by atoms with E-state index >= 15 is 0 Å². The topological polar surface area (TPSA) is 66.0 Å². The Morgan fingerprint density at radius 2 is 0.974 bits per heavy atom. The summed E-state index contributed by atoms with van der Waals surface area (Å²) in [5, 5.41) is 0. The van der Waals surface area contributed by atoms with Gasteiger partial charge in [0.15, 0.2) is 0 Å². The van der Waals surface area contributed by atoms with Gasteiger partial charge in [0, 0.05) is 16.9 Å². The lowest BCUT2D eigenvalue weighted by Gasteiger charge is -2.40. The molecule has 0 fully saturated rings. The first-order valence-corrected chi connectivity index (χ1v) is 10.9. The van der Waals surface area contributed by atoms with Crippen LogP contribution in [0.4, 0.5) is 57.1 Å². The number of halogens is 14. The maximum atomic E-state index is 14.2. The molecule has 0 amide bonds. The van der Waals surface area contributed by atoms with E-state index in [2.05, 4.69) is 13.2 Å². The molecule has 1 heterocycles. The SMILES string of the molecule is C=CCn1c(=O)n(CC=C)c(=O)n(CC(I)CC(F)(F)C(F)(F)C(F)(F)C(F)(F)C(F)(F)C(F)(F)F)c1=O. The highest BCUT2D eigenvalue weighted by atomic mass is 127. The predicted molar refractivity (Wildman–Crippen MR) is 113 cm³/mol. The average Bonchev–Trinajstić information content (AvgIpc) is 2.75. The van der Waals surface area contributed by atoms with Crippen molar-refractivity contribution in [3.05, 3.63) is 56.8 Å². The Labute approximate surface area is 216 Å². The molecule has 0 aromatic carbocycles. The Kier molecular flexibility index (Phi) is 9.50. The fraction of sp³-hybridized carbons (Fsp3) is 0.611. The summed E-state index contributed by atoms with van der Waals surface area (Å²) in [5.74, 6) is -37.7. The van der Waals surface area contributed by atoms with Crippen LogP contribution in [0.2, 0.25) is 0 Å². The third-order valence-corrected chi connectivity index (χ3v) is 5.70. The van der Waals surface area contributed by atoms with E-state index in [4.69, 9.17) is 0 Å². The van der Waals surface area contributed by atoms with Crippen LogP contribution in [0.1, 0.15) is 6.42 Å². The van der Waals surface area contributed by atoms with Crippen molar-refractivity contribution < 1.29 is 57.1 Å². The first-order chi connectivity index (χ1) is 16.9. The molecule has 0 aliphatic heterocycles. The molecular weight excluding hydrogens is 680 g/mol. The van der Waals surface area contributed by atoms with Crippen molar-refractivity contribution in [1.82, 2.24) is 13.7 Å². The molecule has 6 nitrogen and oxygen atoms in total. The van der Waals surface area contributed by atoms with Gasteiger partial charge in [-0.1, -0.05) is 34.7 Å². The van der Waals surface area contributed by atoms with Gasteiger partial charge in [-0.15, -0.1) is 13.2 Å². The normalized spacial score (nSPS) is 14.9. The van der Waals surface area contributed by atoms with Crippen LogP contribution in [0.3, 0.4) is 0 Å². The molecule has 0 aliphatic rings. The molecule has 0 saturated heterocycles. The van der Waals surface area contributed by atoms with Gasteiger partial charge in [0.2, 0.25) is 0 Å². The minimum Gasteiger partial charge on any atom is -0.247 e. The second-order valence-electron chi connectivity index (χ2n) is 7.56. The third-order valence-electron chi connectivity index (χ3n) is 4.87. The minimum atomic E-state index is -8.04. The molecule has 1 unspecified atom stereocenters. The number of allylic oxidation sites excluding steroid dienone is 2. The fourth-order valence-electron chi connectivity index (χ4n) is 2.88. The monoisotopic (exact) mass is 695 g/mol. The smallest absolute Gasteiger partial charge is 0.247 e. The number of nitrogens with zero attached hydrogens (tertiary/aromatic N) is 3. The molecule has 0 saturated carbocycles. The Morgan fingerprint density at radius 1 is 0.632 bits per heavy atom. The van der Waals surface area contributed by atoms with E-state index in [1.54, 1.807) is 0 Å². The molecular formula is C18H15F13IN3O3. The first kappa shape index (κ1) is 33.7. The zero-order chi connectivity index (χ0) is 30.3. The highest BCUT2D eigenvalue weighted by Crippen LogP contribution is 2.60. The summed E-state index contributed by atoms with van der Waals surface area (Å²) in [5.41, 5.74) is -4.28. The molecule has 0 radical (unpaired) electrons. The fourth-order valence-corrected chi connectivity index (χ4v) is 3.83. The van der Waals surface area contributed by atoms with Crippen LogP contribution in [-0.2, 0) is 19.6 Å². The largest absolute Gasteiger partial charge is 0.460 e. The van der Waals surface area contributed by atoms with Crippen molar-refractivity contribution in [1.29, 1.82) is 0 Å². The molecule has 1 aromatic heterocycles. The van der Waals surface area contributed by atoms with E-state index < -0.39 is 82.8 Å². The Morgan fingerprint density at radius 3 is 1.32 bits per heavy atom. The summed E-state index contributed by atoms with van der Waals surface area (Å²) in [4.78, 5) is 37.1. The van der Waals surface area contributed by atoms with Gasteiger partial charge in [-0.05, 0) is 0 Å². The van der Waals surface area contributed by atoms with E-state index in [0.29, 0.717) is 9.13 Å². The number of rotatable bonds is 12. The molecule has 0 spiro atoms. The molecule has 0 N–H and O–H groups in total. The number of alkyl halides is 14. The lowest BCUT2D eigenvalue weighted by atomic mass is 9.92. The van der Waals surface area contributed by atoms with Crippen molar-refractivity contribution in [2.24, 2.45) is 0 Å². The second kappa shape index (κ2) is 10.7. The van der Waals surface area contributed by atoms with Crippen LogP contribution in [0, 0.1) is 0 Å². The van der Waals surface area contributed by atoms with Crippen LogP contribution >= 0.6 is 22.6 Å². The van der Waals surface area contributed by atoms with E-state index in [-0.39, 0.29) is 4.57 Å². The van der Waals surface area contributed by atoms with Gasteiger partial charge in [0.1, 0.15) is 0 Å². The van der Waals surface area contributed by atoms with E-state index in [0.717, 1.165) is 34.7 Å². The molecule has 1 aromatic rings. The van der Waals surface area contributed by atoms with E-state index in [1.807, 2.05) is 0 Å². The summed E-state index contributed by atoms with van der Waals surface area (Å²) in [6, 6.07) is 0. The van der Waals surface area contributed by atoms with Crippen molar-refractivity contribution in [3.8, 4) is 0 Å². The van der Waals surface area contributed by atoms with E-state index in [9.17, 15) is 71.5 Å². The lowest BCUT2D eigenvalue weighted by molar-refractivity contribution is -0.440. The Bertz CT molecular complexity index is 1180. The summed E-state index contributed by atoms with van der Waals surface area (Å²) in [7, 11) is 0. The maximum Gasteiger partial charge on any atom is 0.460 e. The van der Waals surface area contributed by atoms with Gasteiger partial charge in [0.25, 0.3) is 0 Å². The number of aromatic nitrogens is 3. The summed E-state index contributed by atoms with van der Waals surface area (Å²) in [6.07, 6.45) is -8.20. The van der Waals surface area contributed by atoms with Crippen molar-refractivity contribution >= 4 is 22.6 Å². The quantitative estimate of drug-likeness (QED) is 0.140. The van der Waals surface area contributed by atoms with Crippen molar-refractivity contribution in [2.45, 2.75) is 65.8 Å². The molecule has 0 aliphatic carbocycles. The van der Waals surface area contributed by atoms with Gasteiger partial charge < -0.3 is 0 Å². The average molecular weight is 695 g/mol. The first-order valence-electron chi connectivity index (χ1n) is 9.63. The highest BCUT2D eigenvalue weighted by molar-refractivity contribution is 14.1. The number of hydrogen-bond acceptors (Lipinski definition) is 3. The van der Waals surface area contributed by atoms with Gasteiger partial charge >= 0.3 is 52.9 Å². The molecule has 0 bridgehead atoms. The molecule has 20 heteroatoms. The predicted octanol–water partition coefficient (Wildman–Crippen LogP) is 4.48. The summed E-state index contributed by atoms with van der Waals surface area (Å²) in [6.45, 7) is 3.96. The van der Waals surface area contributed by atoms with Crippen LogP contribution in [0.25, 0.3) is 0 Å². The van der Waals surface area contributed by atoms with Crippen molar-refractivity contribution in [3.63, 3.8) is 0 Å². The van der Waals surface area contributed by atoms with Crippen LogP contribution in [0.15, 0.2) is 39.7 Å². The molecule has 1 rings (SSSR count). The van der Waals surface area contributed by atoms with Crippen LogP contribution < -0.4 is 17.1 Å². The van der Waals surface area contributed by atoms with Gasteiger partial charge in [-0.25, -0.2) is 28.1 Å². The van der Waals surface area contributed by atoms with Crippen LogP contribution in [-0.4, -0.2) is 53.4 Å². The van der Waals surface area contributed by atoms with Crippen molar-refractivity contribution in [2.75, 3.05) is 0 Å². The zero-order valence-electron chi connectivity index (χ0n) is 18.3. The Hall–Kier alpha value is -2.29. The van der Waals surface area contributed by atoms with Gasteiger partial charge in [-0.3, -0.25) is 0 Å². The molecule has 38 heavy (non-hydrogen) atoms. The highest BCUT2D eigenvalue weighted by Gasteiger charge is 2.90. The van der Waals surface area contributed by atoms with Gasteiger partial charge in [-0.2, -0.15) is 57.1 Å². The summed E-state index contributed by atoms with van der Waals surface area (Å²) >= 11 is 0.787. The Balaban J connectivity index is 3.52. The number of hydrogen-bond donors (Lipinski definition) is 0. The molecule has 218 valence electrons. The third kappa shape index (κ3) is 5.40. The van der Waals surface area contributed by atoms with E-state index in [1.165, 1.54) is 0 Å². The minimum absolute atomic E-state index is 0.0181. The maximum absolute atomic E-state index is 14.2. The molecule has 1 atom stereocenters. The van der Waals surface area contributed by atoms with Crippen LogP contribution in [0.5, 0.6) is 0 Å². The standard InChI is InChI=1S/C18H15F13IN3O3/c1-3-5-33-10(36)34(6-4-2)12(38)35(11(33)37)8-9(32)7-13(19,20)14(21,22)15(23,24)16(25,26)17(27,28)18(29,30)31/h3-4,9H,1-2,5-8H2. The second-order valence-corrected chi connectivity index (χ2v) is 9.32. The zero-order valence-corrected chi connectivity index (χ0v) is 20.5. The lowest BCUT2D eigenvalue weighted by Crippen LogP contribution is -2.70. The van der Waals surface area contributed by atoms with Gasteiger partial charge in [0.05, 0.1) is 13.1 Å². The summed E-state index contributed by atoms with van der Waals surface area (Å²) < 4.78 is 171.